The lowest BCUT2D eigenvalue weighted by molar-refractivity contribution is 0.519. The maximum Gasteiger partial charge on any atom is 0.0321 e. The van der Waals surface area contributed by atoms with Gasteiger partial charge in [0.15, 0.2) is 0 Å². The fourth-order valence-corrected chi connectivity index (χ4v) is 2.97. The average Bonchev–Trinajstić information content (AvgIpc) is 2.40. The van der Waals surface area contributed by atoms with Gasteiger partial charge >= 0.3 is 0 Å². The van der Waals surface area contributed by atoms with E-state index < -0.39 is 0 Å². The Morgan fingerprint density at radius 3 is 2.32 bits per heavy atom. The van der Waals surface area contributed by atoms with Crippen LogP contribution in [-0.2, 0) is 6.54 Å². The van der Waals surface area contributed by atoms with Gasteiger partial charge < -0.3 is 5.32 Å². The van der Waals surface area contributed by atoms with Crippen LogP contribution in [0.5, 0.6) is 0 Å². The number of halogens is 2. The first-order valence-corrected chi connectivity index (χ1v) is 8.01. The van der Waals surface area contributed by atoms with Gasteiger partial charge in [-0.25, -0.2) is 0 Å². The van der Waals surface area contributed by atoms with E-state index in [4.69, 9.17) is 0 Å². The maximum atomic E-state index is 3.61. The first kappa shape index (κ1) is 14.8. The van der Waals surface area contributed by atoms with Crippen LogP contribution in [0.3, 0.4) is 0 Å². The zero-order chi connectivity index (χ0) is 13.7. The van der Waals surface area contributed by atoms with Crippen molar-refractivity contribution in [2.75, 3.05) is 0 Å². The lowest BCUT2D eigenvalue weighted by atomic mass is 10.0. The van der Waals surface area contributed by atoms with E-state index in [0.717, 1.165) is 21.9 Å². The molecule has 0 radical (unpaired) electrons. The number of hydrogen-bond donors (Lipinski definition) is 1. The van der Waals surface area contributed by atoms with Crippen LogP contribution in [0.2, 0.25) is 0 Å². The quantitative estimate of drug-likeness (QED) is 0.724. The Morgan fingerprint density at radius 1 is 1.00 bits per heavy atom. The molecular weight excluding hydrogens is 366 g/mol. The van der Waals surface area contributed by atoms with Crippen molar-refractivity contribution < 1.29 is 0 Å². The highest BCUT2D eigenvalue weighted by Gasteiger charge is 2.08. The molecule has 0 saturated heterocycles. The lowest BCUT2D eigenvalue weighted by Gasteiger charge is -2.18. The van der Waals surface area contributed by atoms with Gasteiger partial charge in [0.2, 0.25) is 0 Å². The molecule has 19 heavy (non-hydrogen) atoms. The second kappa shape index (κ2) is 7.22. The van der Waals surface area contributed by atoms with Gasteiger partial charge in [-0.2, -0.15) is 0 Å². The molecule has 1 atom stereocenters. The van der Waals surface area contributed by atoms with E-state index in [1.807, 2.05) is 0 Å². The molecule has 100 valence electrons. The number of hydrogen-bond acceptors (Lipinski definition) is 1. The highest BCUT2D eigenvalue weighted by atomic mass is 79.9. The van der Waals surface area contributed by atoms with Crippen molar-refractivity contribution in [1.29, 1.82) is 0 Å². The first-order valence-electron chi connectivity index (χ1n) is 6.42. The molecule has 0 heterocycles. The lowest BCUT2D eigenvalue weighted by Crippen LogP contribution is -2.20. The van der Waals surface area contributed by atoms with Crippen LogP contribution in [0.1, 0.15) is 30.5 Å². The molecule has 3 heteroatoms. The van der Waals surface area contributed by atoms with Crippen molar-refractivity contribution in [3.63, 3.8) is 0 Å². The summed E-state index contributed by atoms with van der Waals surface area (Å²) in [6, 6.07) is 17.3. The fraction of sp³-hybridized carbons (Fsp3) is 0.250. The van der Waals surface area contributed by atoms with Gasteiger partial charge in [-0.3, -0.25) is 0 Å². The Labute approximate surface area is 131 Å². The summed E-state index contributed by atoms with van der Waals surface area (Å²) in [6.45, 7) is 3.09. The second-order valence-corrected chi connectivity index (χ2v) is 6.36. The molecule has 2 aromatic rings. The molecule has 1 N–H and O–H groups in total. The third kappa shape index (κ3) is 4.44. The first-order chi connectivity index (χ1) is 9.19. The molecule has 0 aliphatic rings. The molecule has 0 amide bonds. The number of rotatable bonds is 5. The third-order valence-corrected chi connectivity index (χ3v) is 4.09. The maximum absolute atomic E-state index is 3.61. The Kier molecular flexibility index (Phi) is 5.61. The summed E-state index contributed by atoms with van der Waals surface area (Å²) in [5, 5.41) is 3.61. The molecule has 0 aliphatic heterocycles. The van der Waals surface area contributed by atoms with Crippen LogP contribution < -0.4 is 5.32 Å². The summed E-state index contributed by atoms with van der Waals surface area (Å²) in [5.41, 5.74) is 2.62. The van der Waals surface area contributed by atoms with Crippen LogP contribution in [0.15, 0.2) is 57.5 Å². The zero-order valence-corrected chi connectivity index (χ0v) is 14.0. The van der Waals surface area contributed by atoms with E-state index in [2.05, 4.69) is 92.6 Å². The molecule has 1 nitrogen and oxygen atoms in total. The summed E-state index contributed by atoms with van der Waals surface area (Å²) in [5.74, 6) is 0. The van der Waals surface area contributed by atoms with Crippen molar-refractivity contribution in [2.45, 2.75) is 25.9 Å². The normalized spacial score (nSPS) is 12.4. The van der Waals surface area contributed by atoms with Crippen molar-refractivity contribution >= 4 is 31.9 Å². The summed E-state index contributed by atoms with van der Waals surface area (Å²) < 4.78 is 2.26. The number of nitrogens with one attached hydrogen (secondary N) is 1. The van der Waals surface area contributed by atoms with E-state index in [1.54, 1.807) is 0 Å². The van der Waals surface area contributed by atoms with Gasteiger partial charge in [0.05, 0.1) is 0 Å². The average molecular weight is 383 g/mol. The van der Waals surface area contributed by atoms with Crippen molar-refractivity contribution in [3.05, 3.63) is 68.6 Å². The molecule has 0 aliphatic carbocycles. The molecule has 0 fully saturated rings. The van der Waals surface area contributed by atoms with Crippen molar-refractivity contribution in [3.8, 4) is 0 Å². The largest absolute Gasteiger partial charge is 0.306 e. The SMILES string of the molecule is CCC(NCc1cccc(Br)c1)c1cccc(Br)c1. The van der Waals surface area contributed by atoms with Crippen LogP contribution in [0.25, 0.3) is 0 Å². The Hall–Kier alpha value is -0.640. The topological polar surface area (TPSA) is 12.0 Å². The van der Waals surface area contributed by atoms with E-state index in [0.29, 0.717) is 6.04 Å². The highest BCUT2D eigenvalue weighted by molar-refractivity contribution is 9.10. The van der Waals surface area contributed by atoms with E-state index in [9.17, 15) is 0 Å². The standard InChI is InChI=1S/C16H17Br2N/c1-2-16(13-6-4-8-15(18)10-13)19-11-12-5-3-7-14(17)9-12/h3-10,16,19H,2,11H2,1H3. The second-order valence-electron chi connectivity index (χ2n) is 4.53. The van der Waals surface area contributed by atoms with Crippen LogP contribution in [0, 0.1) is 0 Å². The fourth-order valence-electron chi connectivity index (χ4n) is 2.11. The third-order valence-electron chi connectivity index (χ3n) is 3.10. The monoisotopic (exact) mass is 381 g/mol. The molecule has 2 rings (SSSR count). The van der Waals surface area contributed by atoms with Gasteiger partial charge in [-0.05, 0) is 41.8 Å². The van der Waals surface area contributed by atoms with Crippen molar-refractivity contribution in [2.24, 2.45) is 0 Å². The predicted octanol–water partition coefficient (Wildman–Crippen LogP) is 5.45. The molecular formula is C16H17Br2N. The number of benzene rings is 2. The molecule has 0 saturated carbocycles. The Balaban J connectivity index is 2.04. The summed E-state index contributed by atoms with van der Waals surface area (Å²) in [7, 11) is 0. The minimum Gasteiger partial charge on any atom is -0.306 e. The van der Waals surface area contributed by atoms with Gasteiger partial charge in [0.1, 0.15) is 0 Å². The Morgan fingerprint density at radius 2 is 1.68 bits per heavy atom. The highest BCUT2D eigenvalue weighted by Crippen LogP contribution is 2.21. The summed E-state index contributed by atoms with van der Waals surface area (Å²) >= 11 is 7.04. The molecule has 0 bridgehead atoms. The van der Waals surface area contributed by atoms with Crippen LogP contribution >= 0.6 is 31.9 Å². The van der Waals surface area contributed by atoms with Crippen LogP contribution in [0.4, 0.5) is 0 Å². The van der Waals surface area contributed by atoms with Crippen molar-refractivity contribution in [1.82, 2.24) is 5.32 Å². The summed E-state index contributed by atoms with van der Waals surface area (Å²) in [6.07, 6.45) is 1.07. The molecule has 0 aromatic heterocycles. The van der Waals surface area contributed by atoms with E-state index in [1.165, 1.54) is 11.1 Å². The summed E-state index contributed by atoms with van der Waals surface area (Å²) in [4.78, 5) is 0. The van der Waals surface area contributed by atoms with Gasteiger partial charge in [-0.15, -0.1) is 0 Å². The van der Waals surface area contributed by atoms with E-state index >= 15 is 0 Å². The predicted molar refractivity (Wildman–Crippen MR) is 88.2 cm³/mol. The van der Waals surface area contributed by atoms with E-state index in [-0.39, 0.29) is 0 Å². The Bertz CT molecular complexity index is 540. The zero-order valence-electron chi connectivity index (χ0n) is 10.9. The molecule has 2 aromatic carbocycles. The minimum absolute atomic E-state index is 0.386. The van der Waals surface area contributed by atoms with Crippen LogP contribution in [-0.4, -0.2) is 0 Å². The molecule has 0 spiro atoms. The van der Waals surface area contributed by atoms with Gasteiger partial charge in [-0.1, -0.05) is 63.0 Å². The molecule has 1 unspecified atom stereocenters. The minimum atomic E-state index is 0.386. The van der Waals surface area contributed by atoms with Gasteiger partial charge in [0.25, 0.3) is 0 Å². The smallest absolute Gasteiger partial charge is 0.0321 e. The van der Waals surface area contributed by atoms with Gasteiger partial charge in [0, 0.05) is 21.5 Å².